The lowest BCUT2D eigenvalue weighted by molar-refractivity contribution is 0.0397. The molecule has 8 heteroatoms. The van der Waals surface area contributed by atoms with E-state index in [0.717, 1.165) is 5.56 Å². The Bertz CT molecular complexity index is 746. The maximum atomic E-state index is 9.95. The monoisotopic (exact) mass is 366 g/mol. The third-order valence-corrected chi connectivity index (χ3v) is 4.25. The summed E-state index contributed by atoms with van der Waals surface area (Å²) in [5.41, 5.74) is 0.999. The summed E-state index contributed by atoms with van der Waals surface area (Å²) < 4.78 is 16.1. The zero-order chi connectivity index (χ0) is 16.8. The van der Waals surface area contributed by atoms with Crippen molar-refractivity contribution >= 4 is 23.4 Å². The fraction of sp³-hybridized carbons (Fsp3) is 0.250. The van der Waals surface area contributed by atoms with Gasteiger partial charge < -0.3 is 18.7 Å². The zero-order valence-corrected chi connectivity index (χ0v) is 14.2. The van der Waals surface area contributed by atoms with Crippen LogP contribution in [0, 0.1) is 0 Å². The van der Waals surface area contributed by atoms with Crippen LogP contribution in [0.5, 0.6) is 0 Å². The fourth-order valence-electron chi connectivity index (χ4n) is 1.88. The number of aromatic nitrogens is 2. The predicted octanol–water partition coefficient (Wildman–Crippen LogP) is 3.65. The Morgan fingerprint density at radius 2 is 2.04 bits per heavy atom. The number of aliphatic hydroxyl groups is 1. The van der Waals surface area contributed by atoms with Crippen molar-refractivity contribution in [1.82, 2.24) is 10.2 Å². The molecule has 0 aliphatic heterocycles. The molecule has 3 rings (SSSR count). The van der Waals surface area contributed by atoms with Crippen LogP contribution < -0.4 is 0 Å². The molecule has 126 valence electrons. The average Bonchev–Trinajstić information content (AvgIpc) is 3.26. The number of ether oxygens (including phenoxy) is 1. The molecule has 0 bridgehead atoms. The molecule has 1 N–H and O–H groups in total. The van der Waals surface area contributed by atoms with Crippen molar-refractivity contribution in [2.24, 2.45) is 0 Å². The summed E-state index contributed by atoms with van der Waals surface area (Å²) >= 11 is 7.09. The van der Waals surface area contributed by atoms with Crippen LogP contribution in [0.1, 0.15) is 5.56 Å². The predicted molar refractivity (Wildman–Crippen MR) is 89.8 cm³/mol. The molecular weight excluding hydrogens is 352 g/mol. The van der Waals surface area contributed by atoms with Crippen LogP contribution in [0.15, 0.2) is 56.7 Å². The molecule has 0 aliphatic rings. The molecule has 0 aliphatic carbocycles. The Labute approximate surface area is 147 Å². The summed E-state index contributed by atoms with van der Waals surface area (Å²) in [6, 6.07) is 10.9. The summed E-state index contributed by atoms with van der Waals surface area (Å²) in [5, 5.41) is 18.8. The van der Waals surface area contributed by atoms with Gasteiger partial charge in [0.1, 0.15) is 0 Å². The normalized spacial score (nSPS) is 12.4. The first-order chi connectivity index (χ1) is 11.7. The standard InChI is InChI=1S/C16H15ClN2O4S/c17-12-5-3-11(4-6-12)8-21-9-13(20)10-24-16-19-18-15(23-16)14-2-1-7-22-14/h1-7,13,20H,8-10H2/t13-/m1/s1. The van der Waals surface area contributed by atoms with Crippen LogP contribution in [0.4, 0.5) is 0 Å². The molecule has 0 amide bonds. The number of hydrogen-bond acceptors (Lipinski definition) is 7. The van der Waals surface area contributed by atoms with Gasteiger partial charge in [0.2, 0.25) is 0 Å². The first-order valence-corrected chi connectivity index (χ1v) is 8.57. The maximum absolute atomic E-state index is 9.95. The van der Waals surface area contributed by atoms with Crippen LogP contribution in [-0.2, 0) is 11.3 Å². The lowest BCUT2D eigenvalue weighted by Gasteiger charge is -2.09. The molecule has 0 saturated carbocycles. The molecule has 1 atom stereocenters. The van der Waals surface area contributed by atoms with Gasteiger partial charge in [0.15, 0.2) is 5.76 Å². The van der Waals surface area contributed by atoms with Gasteiger partial charge in [0.25, 0.3) is 11.1 Å². The first kappa shape index (κ1) is 17.0. The summed E-state index contributed by atoms with van der Waals surface area (Å²) in [5.74, 6) is 1.22. The average molecular weight is 367 g/mol. The van der Waals surface area contributed by atoms with Gasteiger partial charge in [-0.05, 0) is 29.8 Å². The van der Waals surface area contributed by atoms with Crippen LogP contribution in [-0.4, -0.2) is 33.8 Å². The van der Waals surface area contributed by atoms with Gasteiger partial charge in [-0.1, -0.05) is 35.5 Å². The number of rotatable bonds is 8. The van der Waals surface area contributed by atoms with E-state index < -0.39 is 6.10 Å². The third-order valence-electron chi connectivity index (χ3n) is 3.03. The second-order valence-electron chi connectivity index (χ2n) is 4.96. The van der Waals surface area contributed by atoms with E-state index in [9.17, 15) is 5.11 Å². The molecule has 2 aromatic heterocycles. The molecular formula is C16H15ClN2O4S. The Morgan fingerprint density at radius 3 is 2.79 bits per heavy atom. The number of furan rings is 1. The molecule has 0 unspecified atom stereocenters. The SMILES string of the molecule is O[C@H](COCc1ccc(Cl)cc1)CSc1nnc(-c2ccco2)o1. The minimum absolute atomic E-state index is 0.217. The summed E-state index contributed by atoms with van der Waals surface area (Å²) in [7, 11) is 0. The molecule has 3 aromatic rings. The largest absolute Gasteiger partial charge is 0.459 e. The second kappa shape index (κ2) is 8.34. The molecule has 24 heavy (non-hydrogen) atoms. The Kier molecular flexibility index (Phi) is 5.92. The maximum Gasteiger partial charge on any atom is 0.284 e. The summed E-state index contributed by atoms with van der Waals surface area (Å²) in [6.45, 7) is 0.636. The third kappa shape index (κ3) is 4.85. The van der Waals surface area contributed by atoms with Crippen molar-refractivity contribution in [2.75, 3.05) is 12.4 Å². The van der Waals surface area contributed by atoms with Gasteiger partial charge in [-0.15, -0.1) is 10.2 Å². The number of benzene rings is 1. The van der Waals surface area contributed by atoms with Crippen molar-refractivity contribution in [3.05, 3.63) is 53.2 Å². The quantitative estimate of drug-likeness (QED) is 0.609. The lowest BCUT2D eigenvalue weighted by atomic mass is 10.2. The van der Waals surface area contributed by atoms with Gasteiger partial charge in [-0.3, -0.25) is 0 Å². The topological polar surface area (TPSA) is 81.5 Å². The lowest BCUT2D eigenvalue weighted by Crippen LogP contribution is -2.17. The van der Waals surface area contributed by atoms with Crippen LogP contribution in [0.3, 0.4) is 0 Å². The molecule has 6 nitrogen and oxygen atoms in total. The zero-order valence-electron chi connectivity index (χ0n) is 12.6. The highest BCUT2D eigenvalue weighted by atomic mass is 35.5. The van der Waals surface area contributed by atoms with Crippen LogP contribution in [0.25, 0.3) is 11.7 Å². The fourth-order valence-corrected chi connectivity index (χ4v) is 2.67. The van der Waals surface area contributed by atoms with E-state index in [4.69, 9.17) is 25.2 Å². The Balaban J connectivity index is 1.39. The van der Waals surface area contributed by atoms with Crippen LogP contribution in [0.2, 0.25) is 5.02 Å². The second-order valence-corrected chi connectivity index (χ2v) is 6.36. The van der Waals surface area contributed by atoms with Crippen molar-refractivity contribution < 1.29 is 18.7 Å². The minimum Gasteiger partial charge on any atom is -0.459 e. The summed E-state index contributed by atoms with van der Waals surface area (Å²) in [6.07, 6.45) is 0.898. The molecule has 2 heterocycles. The number of aliphatic hydroxyl groups excluding tert-OH is 1. The van der Waals surface area contributed by atoms with E-state index >= 15 is 0 Å². The van der Waals surface area contributed by atoms with E-state index in [1.165, 1.54) is 18.0 Å². The smallest absolute Gasteiger partial charge is 0.284 e. The molecule has 0 fully saturated rings. The van der Waals surface area contributed by atoms with Crippen molar-refractivity contribution in [3.63, 3.8) is 0 Å². The highest BCUT2D eigenvalue weighted by molar-refractivity contribution is 7.99. The number of thioether (sulfide) groups is 1. The van der Waals surface area contributed by atoms with Crippen molar-refractivity contribution in [1.29, 1.82) is 0 Å². The Morgan fingerprint density at radius 1 is 1.21 bits per heavy atom. The highest BCUT2D eigenvalue weighted by Crippen LogP contribution is 2.23. The van der Waals surface area contributed by atoms with E-state index in [-0.39, 0.29) is 6.61 Å². The number of halogens is 1. The number of nitrogens with zero attached hydrogens (tertiary/aromatic N) is 2. The van der Waals surface area contributed by atoms with E-state index in [1.807, 2.05) is 12.1 Å². The van der Waals surface area contributed by atoms with E-state index in [0.29, 0.717) is 34.3 Å². The molecule has 0 saturated heterocycles. The molecule has 1 aromatic carbocycles. The van der Waals surface area contributed by atoms with E-state index in [1.54, 1.807) is 24.3 Å². The van der Waals surface area contributed by atoms with Gasteiger partial charge in [-0.2, -0.15) is 0 Å². The minimum atomic E-state index is -0.638. The summed E-state index contributed by atoms with van der Waals surface area (Å²) in [4.78, 5) is 0. The van der Waals surface area contributed by atoms with Gasteiger partial charge in [-0.25, -0.2) is 0 Å². The Hall–Kier alpha value is -1.80. The van der Waals surface area contributed by atoms with Crippen LogP contribution >= 0.6 is 23.4 Å². The van der Waals surface area contributed by atoms with Gasteiger partial charge >= 0.3 is 0 Å². The number of hydrogen-bond donors (Lipinski definition) is 1. The van der Waals surface area contributed by atoms with Crippen molar-refractivity contribution in [2.45, 2.75) is 17.9 Å². The van der Waals surface area contributed by atoms with E-state index in [2.05, 4.69) is 10.2 Å². The molecule has 0 spiro atoms. The molecule has 0 radical (unpaired) electrons. The van der Waals surface area contributed by atoms with Gasteiger partial charge in [0.05, 0.1) is 25.6 Å². The van der Waals surface area contributed by atoms with Gasteiger partial charge in [0, 0.05) is 10.8 Å². The highest BCUT2D eigenvalue weighted by Gasteiger charge is 2.13. The first-order valence-electron chi connectivity index (χ1n) is 7.21. The van der Waals surface area contributed by atoms with Crippen molar-refractivity contribution in [3.8, 4) is 11.7 Å².